The van der Waals surface area contributed by atoms with Gasteiger partial charge in [0.25, 0.3) is 0 Å². The molecular formula is C30H37F2NO5. The molecule has 0 N–H and O–H groups in total. The summed E-state index contributed by atoms with van der Waals surface area (Å²) in [7, 11) is 0. The number of halogens is 2. The molecule has 38 heavy (non-hydrogen) atoms. The monoisotopic (exact) mass is 529 g/mol. The predicted molar refractivity (Wildman–Crippen MR) is 139 cm³/mol. The van der Waals surface area contributed by atoms with Crippen molar-refractivity contribution in [2.75, 3.05) is 19.7 Å². The third-order valence-electron chi connectivity index (χ3n) is 7.17. The molecule has 1 aliphatic carbocycles. The normalized spacial score (nSPS) is 19.7. The molecule has 0 aromatic heterocycles. The van der Waals surface area contributed by atoms with E-state index < -0.39 is 23.2 Å². The molecule has 0 bridgehead atoms. The number of likely N-dealkylation sites (tertiary alicyclic amines) is 1. The highest BCUT2D eigenvalue weighted by Crippen LogP contribution is 2.49. The van der Waals surface area contributed by atoms with Gasteiger partial charge in [-0.15, -0.1) is 0 Å². The van der Waals surface area contributed by atoms with Crippen molar-refractivity contribution >= 4 is 12.1 Å². The zero-order valence-corrected chi connectivity index (χ0v) is 22.4. The van der Waals surface area contributed by atoms with Crippen molar-refractivity contribution in [2.24, 2.45) is 17.8 Å². The second kappa shape index (κ2) is 12.1. The van der Waals surface area contributed by atoms with Crippen LogP contribution in [-0.4, -0.2) is 42.3 Å². The van der Waals surface area contributed by atoms with Crippen molar-refractivity contribution < 1.29 is 32.6 Å². The van der Waals surface area contributed by atoms with Gasteiger partial charge < -0.3 is 19.1 Å². The predicted octanol–water partition coefficient (Wildman–Crippen LogP) is 6.30. The maximum atomic E-state index is 14.9. The standard InChI is InChI=1S/C30H37F2NO5/c1-30(2,3)38-27(34)17-23-15-24(31)18-26(28(23)32)36-14-11-22-16-25(22)21-9-12-33(13-10-21)29(35)37-19-20-7-5-4-6-8-20/h4-8,15,18,21-22,25H,9-14,16-17,19H2,1-3H3/t22-,25-/m1/s1. The van der Waals surface area contributed by atoms with Crippen LogP contribution in [0.5, 0.6) is 5.75 Å². The molecule has 2 aromatic carbocycles. The number of piperidine rings is 1. The van der Waals surface area contributed by atoms with Crippen molar-refractivity contribution in [1.29, 1.82) is 0 Å². The highest BCUT2D eigenvalue weighted by Gasteiger charge is 2.43. The molecule has 6 nitrogen and oxygen atoms in total. The fourth-order valence-corrected chi connectivity index (χ4v) is 5.21. The Morgan fingerprint density at radius 1 is 1.05 bits per heavy atom. The molecule has 0 spiro atoms. The number of nitrogens with zero attached hydrogens (tertiary/aromatic N) is 1. The van der Waals surface area contributed by atoms with Crippen molar-refractivity contribution in [3.05, 3.63) is 65.2 Å². The van der Waals surface area contributed by atoms with E-state index in [1.54, 1.807) is 25.7 Å². The number of hydrogen-bond acceptors (Lipinski definition) is 5. The van der Waals surface area contributed by atoms with Crippen molar-refractivity contribution in [3.8, 4) is 5.75 Å². The van der Waals surface area contributed by atoms with Gasteiger partial charge in [-0.2, -0.15) is 0 Å². The number of hydrogen-bond donors (Lipinski definition) is 0. The van der Waals surface area contributed by atoms with Crippen LogP contribution >= 0.6 is 0 Å². The Morgan fingerprint density at radius 2 is 1.76 bits per heavy atom. The van der Waals surface area contributed by atoms with Gasteiger partial charge in [0.1, 0.15) is 18.0 Å². The van der Waals surface area contributed by atoms with E-state index in [-0.39, 0.29) is 37.0 Å². The van der Waals surface area contributed by atoms with E-state index in [4.69, 9.17) is 14.2 Å². The molecule has 2 fully saturated rings. The minimum Gasteiger partial charge on any atom is -0.490 e. The molecule has 1 saturated carbocycles. The molecule has 1 saturated heterocycles. The lowest BCUT2D eigenvalue weighted by Crippen LogP contribution is -2.39. The molecule has 1 heterocycles. The molecule has 4 rings (SSSR count). The van der Waals surface area contributed by atoms with Crippen LogP contribution in [-0.2, 0) is 27.3 Å². The minimum absolute atomic E-state index is 0.0763. The summed E-state index contributed by atoms with van der Waals surface area (Å²) < 4.78 is 45.2. The molecule has 2 aromatic rings. The quantitative estimate of drug-likeness (QED) is 0.357. The lowest BCUT2D eigenvalue weighted by atomic mass is 9.91. The summed E-state index contributed by atoms with van der Waals surface area (Å²) in [5.74, 6) is -0.582. The lowest BCUT2D eigenvalue weighted by Gasteiger charge is -2.31. The lowest BCUT2D eigenvalue weighted by molar-refractivity contribution is -0.153. The zero-order valence-electron chi connectivity index (χ0n) is 22.4. The summed E-state index contributed by atoms with van der Waals surface area (Å²) in [6, 6.07) is 11.7. The second-order valence-electron chi connectivity index (χ2n) is 11.3. The van der Waals surface area contributed by atoms with Gasteiger partial charge in [0.05, 0.1) is 13.0 Å². The van der Waals surface area contributed by atoms with Crippen molar-refractivity contribution in [3.63, 3.8) is 0 Å². The first kappa shape index (κ1) is 27.9. The van der Waals surface area contributed by atoms with Crippen LogP contribution < -0.4 is 4.74 Å². The van der Waals surface area contributed by atoms with Gasteiger partial charge >= 0.3 is 12.1 Å². The molecule has 2 atom stereocenters. The number of carbonyl (C=O) groups is 2. The van der Waals surface area contributed by atoms with Crippen LogP contribution in [0, 0.1) is 29.4 Å². The smallest absolute Gasteiger partial charge is 0.410 e. The number of benzene rings is 2. The van der Waals surface area contributed by atoms with Crippen molar-refractivity contribution in [2.45, 2.75) is 65.1 Å². The SMILES string of the molecule is CC(C)(C)OC(=O)Cc1cc(F)cc(OCC[C@@H]2C[C@@H]2C2CCN(C(=O)OCc3ccccc3)CC2)c1F. The molecule has 8 heteroatoms. The summed E-state index contributed by atoms with van der Waals surface area (Å²) in [6.07, 6.45) is 3.09. The fourth-order valence-electron chi connectivity index (χ4n) is 5.21. The van der Waals surface area contributed by atoms with Crippen LogP contribution in [0.2, 0.25) is 0 Å². The molecule has 0 unspecified atom stereocenters. The van der Waals surface area contributed by atoms with Gasteiger partial charge in [-0.05, 0) is 75.8 Å². The third-order valence-corrected chi connectivity index (χ3v) is 7.17. The molecule has 206 valence electrons. The van der Waals surface area contributed by atoms with Gasteiger partial charge in [0, 0.05) is 24.7 Å². The van der Waals surface area contributed by atoms with Gasteiger partial charge in [-0.25, -0.2) is 13.6 Å². The molecule has 2 aliphatic rings. The average Bonchev–Trinajstić information content (AvgIpc) is 3.64. The highest BCUT2D eigenvalue weighted by molar-refractivity contribution is 5.73. The van der Waals surface area contributed by atoms with E-state index in [0.717, 1.165) is 43.4 Å². The van der Waals surface area contributed by atoms with Gasteiger partial charge in [-0.3, -0.25) is 4.79 Å². The third kappa shape index (κ3) is 7.92. The summed E-state index contributed by atoms with van der Waals surface area (Å²) >= 11 is 0. The average molecular weight is 530 g/mol. The second-order valence-corrected chi connectivity index (χ2v) is 11.3. The maximum Gasteiger partial charge on any atom is 0.410 e. The fraction of sp³-hybridized carbons (Fsp3) is 0.533. The van der Waals surface area contributed by atoms with Crippen molar-refractivity contribution in [1.82, 2.24) is 4.90 Å². The van der Waals surface area contributed by atoms with Crippen LogP contribution in [0.1, 0.15) is 57.6 Å². The van der Waals surface area contributed by atoms with E-state index >= 15 is 0 Å². The first-order valence-corrected chi connectivity index (χ1v) is 13.4. The largest absolute Gasteiger partial charge is 0.490 e. The first-order valence-electron chi connectivity index (χ1n) is 13.4. The summed E-state index contributed by atoms with van der Waals surface area (Å²) in [4.78, 5) is 26.3. The molecular weight excluding hydrogens is 492 g/mol. The van der Waals surface area contributed by atoms with Gasteiger partial charge in [-0.1, -0.05) is 30.3 Å². The first-order chi connectivity index (χ1) is 18.1. The van der Waals surface area contributed by atoms with E-state index in [9.17, 15) is 18.4 Å². The van der Waals surface area contributed by atoms with Crippen LogP contribution in [0.15, 0.2) is 42.5 Å². The number of amides is 1. The van der Waals surface area contributed by atoms with Crippen LogP contribution in [0.3, 0.4) is 0 Å². The van der Waals surface area contributed by atoms with E-state index in [2.05, 4.69) is 0 Å². The number of ether oxygens (including phenoxy) is 3. The Labute approximate surface area is 223 Å². The highest BCUT2D eigenvalue weighted by atomic mass is 19.1. The molecule has 1 amide bonds. The Bertz CT molecular complexity index is 1110. The Balaban J connectivity index is 1.18. The zero-order chi connectivity index (χ0) is 27.3. The van der Waals surface area contributed by atoms with E-state index in [0.29, 0.717) is 30.8 Å². The summed E-state index contributed by atoms with van der Waals surface area (Å²) in [6.45, 7) is 7.08. The summed E-state index contributed by atoms with van der Waals surface area (Å²) in [5.41, 5.74) is 0.187. The molecule has 1 aliphatic heterocycles. The minimum atomic E-state index is -0.726. The molecule has 0 radical (unpaired) electrons. The summed E-state index contributed by atoms with van der Waals surface area (Å²) in [5, 5.41) is 0. The topological polar surface area (TPSA) is 65.1 Å². The van der Waals surface area contributed by atoms with Gasteiger partial charge in [0.2, 0.25) is 0 Å². The van der Waals surface area contributed by atoms with E-state index in [1.807, 2.05) is 30.3 Å². The number of rotatable bonds is 9. The van der Waals surface area contributed by atoms with Crippen LogP contribution in [0.25, 0.3) is 0 Å². The van der Waals surface area contributed by atoms with Crippen LogP contribution in [0.4, 0.5) is 13.6 Å². The Hall–Kier alpha value is -3.16. The number of esters is 1. The maximum absolute atomic E-state index is 14.9. The van der Waals surface area contributed by atoms with E-state index in [1.165, 1.54) is 0 Å². The Morgan fingerprint density at radius 3 is 2.45 bits per heavy atom. The number of carbonyl (C=O) groups excluding carboxylic acids is 2. The Kier molecular flexibility index (Phi) is 8.90. The van der Waals surface area contributed by atoms with Gasteiger partial charge in [0.15, 0.2) is 11.6 Å².